The average molecular weight is 420 g/mol. The summed E-state index contributed by atoms with van der Waals surface area (Å²) in [7, 11) is 1.68. The van der Waals surface area contributed by atoms with Crippen molar-refractivity contribution in [2.45, 2.75) is 32.5 Å². The highest BCUT2D eigenvalue weighted by molar-refractivity contribution is 7.09. The largest absolute Gasteiger partial charge is 0.497 e. The van der Waals surface area contributed by atoms with Crippen LogP contribution in [0.2, 0.25) is 0 Å². The van der Waals surface area contributed by atoms with Crippen molar-refractivity contribution >= 4 is 11.3 Å². The molecule has 0 saturated heterocycles. The lowest BCUT2D eigenvalue weighted by Crippen LogP contribution is -2.33. The van der Waals surface area contributed by atoms with E-state index in [4.69, 9.17) is 9.26 Å². The maximum atomic E-state index is 5.59. The van der Waals surface area contributed by atoms with E-state index < -0.39 is 0 Å². The van der Waals surface area contributed by atoms with E-state index in [1.165, 1.54) is 10.4 Å². The molecule has 1 atom stereocenters. The third-order valence-electron chi connectivity index (χ3n) is 5.08. The molecule has 0 fully saturated rings. The van der Waals surface area contributed by atoms with Crippen molar-refractivity contribution in [2.24, 2.45) is 0 Å². The first-order valence-corrected chi connectivity index (χ1v) is 10.9. The number of rotatable bonds is 9. The number of aromatic nitrogens is 2. The summed E-state index contributed by atoms with van der Waals surface area (Å²) in [5.74, 6) is 2.11. The van der Waals surface area contributed by atoms with Crippen LogP contribution in [0.3, 0.4) is 0 Å². The number of hydrogen-bond donors (Lipinski definition) is 0. The third kappa shape index (κ3) is 5.14. The van der Waals surface area contributed by atoms with E-state index in [1.807, 2.05) is 42.5 Å². The van der Waals surface area contributed by atoms with Gasteiger partial charge in [0.05, 0.1) is 13.7 Å². The van der Waals surface area contributed by atoms with Crippen LogP contribution in [0.15, 0.2) is 76.6 Å². The molecule has 30 heavy (non-hydrogen) atoms. The SMILES string of the molecule is COc1ccc(CN(Cc2nc(-c3ccccc3)no2)C(C)Cc2cccs2)cc1. The van der Waals surface area contributed by atoms with Crippen LogP contribution in [-0.4, -0.2) is 28.2 Å². The van der Waals surface area contributed by atoms with Crippen LogP contribution in [-0.2, 0) is 19.5 Å². The molecular formula is C24H25N3O2S. The molecule has 1 unspecified atom stereocenters. The van der Waals surface area contributed by atoms with Gasteiger partial charge in [0.15, 0.2) is 0 Å². The lowest BCUT2D eigenvalue weighted by molar-refractivity contribution is 0.165. The monoisotopic (exact) mass is 419 g/mol. The molecule has 0 aliphatic rings. The predicted molar refractivity (Wildman–Crippen MR) is 119 cm³/mol. The van der Waals surface area contributed by atoms with Crippen LogP contribution in [0.4, 0.5) is 0 Å². The second-order valence-corrected chi connectivity index (χ2v) is 8.30. The first-order chi connectivity index (χ1) is 14.7. The second-order valence-electron chi connectivity index (χ2n) is 7.26. The molecule has 0 aliphatic heterocycles. The van der Waals surface area contributed by atoms with Gasteiger partial charge in [-0.05, 0) is 42.5 Å². The Morgan fingerprint density at radius 2 is 1.80 bits per heavy atom. The Morgan fingerprint density at radius 3 is 2.50 bits per heavy atom. The minimum atomic E-state index is 0.317. The minimum Gasteiger partial charge on any atom is -0.497 e. The first-order valence-electron chi connectivity index (χ1n) is 9.98. The third-order valence-corrected chi connectivity index (χ3v) is 5.98. The van der Waals surface area contributed by atoms with Gasteiger partial charge in [-0.15, -0.1) is 11.3 Å². The van der Waals surface area contributed by atoms with Crippen molar-refractivity contribution in [3.63, 3.8) is 0 Å². The summed E-state index contributed by atoms with van der Waals surface area (Å²) >= 11 is 1.79. The van der Waals surface area contributed by atoms with E-state index in [-0.39, 0.29) is 0 Å². The van der Waals surface area contributed by atoms with E-state index in [9.17, 15) is 0 Å². The molecule has 0 aliphatic carbocycles. The first kappa shape index (κ1) is 20.3. The topological polar surface area (TPSA) is 51.4 Å². The van der Waals surface area contributed by atoms with Crippen LogP contribution in [0.1, 0.15) is 23.3 Å². The second kappa shape index (κ2) is 9.69. The zero-order valence-electron chi connectivity index (χ0n) is 17.2. The van der Waals surface area contributed by atoms with Crippen LogP contribution in [0.25, 0.3) is 11.4 Å². The van der Waals surface area contributed by atoms with E-state index in [2.05, 4.69) is 51.6 Å². The summed E-state index contributed by atoms with van der Waals surface area (Å²) in [6.07, 6.45) is 0.980. The van der Waals surface area contributed by atoms with Gasteiger partial charge in [-0.1, -0.05) is 53.7 Å². The summed E-state index contributed by atoms with van der Waals surface area (Å²) in [5, 5.41) is 6.30. The maximum absolute atomic E-state index is 5.59. The van der Waals surface area contributed by atoms with Crippen molar-refractivity contribution in [1.29, 1.82) is 0 Å². The molecule has 0 amide bonds. The van der Waals surface area contributed by atoms with E-state index in [1.54, 1.807) is 18.4 Å². The van der Waals surface area contributed by atoms with Gasteiger partial charge < -0.3 is 9.26 Å². The van der Waals surface area contributed by atoms with Gasteiger partial charge in [0.1, 0.15) is 5.75 Å². The zero-order valence-corrected chi connectivity index (χ0v) is 18.0. The van der Waals surface area contributed by atoms with Crippen molar-refractivity contribution in [3.05, 3.63) is 88.4 Å². The van der Waals surface area contributed by atoms with Crippen molar-refractivity contribution < 1.29 is 9.26 Å². The standard InChI is InChI=1S/C24H25N3O2S/c1-18(15-22-9-6-14-30-22)27(16-19-10-12-21(28-2)13-11-19)17-23-25-24(26-29-23)20-7-4-3-5-8-20/h3-14,18H,15-17H2,1-2H3. The number of hydrogen-bond acceptors (Lipinski definition) is 6. The van der Waals surface area contributed by atoms with E-state index in [0.717, 1.165) is 24.3 Å². The lowest BCUT2D eigenvalue weighted by atomic mass is 10.1. The van der Waals surface area contributed by atoms with Crippen molar-refractivity contribution in [2.75, 3.05) is 7.11 Å². The Balaban J connectivity index is 1.52. The molecule has 0 spiro atoms. The zero-order chi connectivity index (χ0) is 20.8. The molecular weight excluding hydrogens is 394 g/mol. The molecule has 4 rings (SSSR count). The van der Waals surface area contributed by atoms with Gasteiger partial charge in [0, 0.05) is 23.0 Å². The smallest absolute Gasteiger partial charge is 0.241 e. The highest BCUT2D eigenvalue weighted by Gasteiger charge is 2.19. The molecule has 0 radical (unpaired) electrons. The number of nitrogens with zero attached hydrogens (tertiary/aromatic N) is 3. The molecule has 0 N–H and O–H groups in total. The maximum Gasteiger partial charge on any atom is 0.241 e. The summed E-state index contributed by atoms with van der Waals surface area (Å²) in [4.78, 5) is 8.38. The number of thiophene rings is 1. The van der Waals surface area contributed by atoms with Gasteiger partial charge in [0.2, 0.25) is 11.7 Å². The predicted octanol–water partition coefficient (Wildman–Crippen LogP) is 5.44. The van der Waals surface area contributed by atoms with Gasteiger partial charge in [-0.3, -0.25) is 4.90 Å². The van der Waals surface area contributed by atoms with Gasteiger partial charge >= 0.3 is 0 Å². The molecule has 2 aromatic heterocycles. The molecule has 5 nitrogen and oxygen atoms in total. The van der Waals surface area contributed by atoms with Crippen molar-refractivity contribution in [1.82, 2.24) is 15.0 Å². The summed E-state index contributed by atoms with van der Waals surface area (Å²) in [6, 6.07) is 22.7. The Morgan fingerprint density at radius 1 is 1.00 bits per heavy atom. The fourth-order valence-corrected chi connectivity index (χ4v) is 4.21. The van der Waals surface area contributed by atoms with Crippen molar-refractivity contribution in [3.8, 4) is 17.1 Å². The quantitative estimate of drug-likeness (QED) is 0.362. The minimum absolute atomic E-state index is 0.317. The fraction of sp³-hybridized carbons (Fsp3) is 0.250. The normalized spacial score (nSPS) is 12.2. The van der Waals surface area contributed by atoms with Crippen LogP contribution in [0.5, 0.6) is 5.75 Å². The van der Waals surface area contributed by atoms with Crippen LogP contribution < -0.4 is 4.74 Å². The summed E-state index contributed by atoms with van der Waals surface area (Å²) in [5.41, 5.74) is 2.18. The average Bonchev–Trinajstić information content (AvgIpc) is 3.47. The fourth-order valence-electron chi connectivity index (χ4n) is 3.38. The molecule has 6 heteroatoms. The summed E-state index contributed by atoms with van der Waals surface area (Å²) in [6.45, 7) is 3.63. The molecule has 0 bridgehead atoms. The Hall–Kier alpha value is -2.96. The Bertz CT molecular complexity index is 1030. The summed E-state index contributed by atoms with van der Waals surface area (Å²) < 4.78 is 10.9. The highest BCUT2D eigenvalue weighted by Crippen LogP contribution is 2.21. The lowest BCUT2D eigenvalue weighted by Gasteiger charge is -2.27. The van der Waals surface area contributed by atoms with Gasteiger partial charge in [0.25, 0.3) is 0 Å². The van der Waals surface area contributed by atoms with Gasteiger partial charge in [-0.2, -0.15) is 4.98 Å². The molecule has 154 valence electrons. The number of methoxy groups -OCH3 is 1. The molecule has 4 aromatic rings. The Labute approximate surface area is 180 Å². The van der Waals surface area contributed by atoms with Crippen LogP contribution >= 0.6 is 11.3 Å². The number of ether oxygens (including phenoxy) is 1. The van der Waals surface area contributed by atoms with Gasteiger partial charge in [-0.25, -0.2) is 0 Å². The highest BCUT2D eigenvalue weighted by atomic mass is 32.1. The molecule has 2 aromatic carbocycles. The molecule has 2 heterocycles. The van der Waals surface area contributed by atoms with Crippen LogP contribution in [0, 0.1) is 0 Å². The molecule has 0 saturated carbocycles. The number of benzene rings is 2. The van der Waals surface area contributed by atoms with E-state index >= 15 is 0 Å². The van der Waals surface area contributed by atoms with E-state index in [0.29, 0.717) is 24.3 Å². The Kier molecular flexibility index (Phi) is 6.57.